The molecule has 1 aromatic rings. The molecule has 0 heterocycles. The number of hydrogen-bond donors (Lipinski definition) is 0. The Morgan fingerprint density at radius 3 is 2.23 bits per heavy atom. The molecule has 1 aromatic carbocycles. The molecule has 166 valence electrons. The Labute approximate surface area is 174 Å². The lowest BCUT2D eigenvalue weighted by Gasteiger charge is -2.15. The summed E-state index contributed by atoms with van der Waals surface area (Å²) in [5.74, 6) is -7.53. The quantitative estimate of drug-likeness (QED) is 0.224. The van der Waals surface area contributed by atoms with Gasteiger partial charge in [0.05, 0.1) is 18.6 Å². The molecule has 1 aliphatic carbocycles. The maximum Gasteiger partial charge on any atom is 0.426 e. The molecule has 0 radical (unpaired) electrons. The number of carbonyl (C=O) groups excluding carboxylic acids is 1. The molecule has 0 spiro atoms. The van der Waals surface area contributed by atoms with Crippen LogP contribution in [0.5, 0.6) is 5.75 Å². The summed E-state index contributed by atoms with van der Waals surface area (Å²) in [5, 5.41) is -1.37. The number of ether oxygens (including phenoxy) is 2. The zero-order valence-electron chi connectivity index (χ0n) is 16.3. The molecule has 3 nitrogen and oxygen atoms in total. The van der Waals surface area contributed by atoms with Crippen LogP contribution in [0.15, 0.2) is 23.8 Å². The molecule has 0 saturated heterocycles. The van der Waals surface area contributed by atoms with Gasteiger partial charge in [0.2, 0.25) is 0 Å². The van der Waals surface area contributed by atoms with Gasteiger partial charge < -0.3 is 9.47 Å². The number of methoxy groups -OCH3 is 1. The van der Waals surface area contributed by atoms with Gasteiger partial charge in [-0.15, -0.1) is 6.58 Å². The fourth-order valence-corrected chi connectivity index (χ4v) is 3.46. The monoisotopic (exact) mass is 456 g/mol. The van der Waals surface area contributed by atoms with E-state index in [1.807, 2.05) is 0 Å². The molecule has 2 atom stereocenters. The number of benzene rings is 1. The summed E-state index contributed by atoms with van der Waals surface area (Å²) in [6.45, 7) is 5.53. The van der Waals surface area contributed by atoms with Crippen LogP contribution in [0.3, 0.4) is 0 Å². The third kappa shape index (κ3) is 4.45. The van der Waals surface area contributed by atoms with Gasteiger partial charge in [0.15, 0.2) is 23.2 Å². The van der Waals surface area contributed by atoms with Gasteiger partial charge in [0.25, 0.3) is 0 Å². The highest BCUT2D eigenvalue weighted by atomic mass is 35.5. The lowest BCUT2D eigenvalue weighted by molar-refractivity contribution is -0.147. The van der Waals surface area contributed by atoms with Crippen molar-refractivity contribution in [3.63, 3.8) is 0 Å². The van der Waals surface area contributed by atoms with Crippen LogP contribution in [-0.2, 0) is 22.6 Å². The summed E-state index contributed by atoms with van der Waals surface area (Å²) in [4.78, 5) is 12.3. The van der Waals surface area contributed by atoms with Gasteiger partial charge in [-0.05, 0) is 17.8 Å². The Morgan fingerprint density at radius 2 is 1.73 bits per heavy atom. The molecule has 1 saturated carbocycles. The fraction of sp³-hybridized carbons (Fsp3) is 0.450. The van der Waals surface area contributed by atoms with E-state index in [1.54, 1.807) is 0 Å². The number of esters is 1. The van der Waals surface area contributed by atoms with E-state index < -0.39 is 75.4 Å². The Hall–Kier alpha value is -2.16. The van der Waals surface area contributed by atoms with E-state index in [0.29, 0.717) is 0 Å². The van der Waals surface area contributed by atoms with Gasteiger partial charge in [-0.1, -0.05) is 37.6 Å². The Balaban J connectivity index is 2.24. The lowest BCUT2D eigenvalue weighted by atomic mass is 10.0. The maximum absolute atomic E-state index is 14.4. The third-order valence-electron chi connectivity index (χ3n) is 5.13. The first-order chi connectivity index (χ1) is 13.8. The van der Waals surface area contributed by atoms with Crippen molar-refractivity contribution < 1.29 is 40.6 Å². The van der Waals surface area contributed by atoms with Gasteiger partial charge >= 0.3 is 12.1 Å². The summed E-state index contributed by atoms with van der Waals surface area (Å²) in [6.07, 6.45) is -3.16. The highest BCUT2D eigenvalue weighted by Gasteiger charge is 2.62. The van der Waals surface area contributed by atoms with Crippen molar-refractivity contribution in [3.05, 3.63) is 52.3 Å². The molecule has 0 aliphatic heterocycles. The first-order valence-electron chi connectivity index (χ1n) is 8.73. The van der Waals surface area contributed by atoms with Crippen molar-refractivity contribution >= 4 is 17.6 Å². The largest absolute Gasteiger partial charge is 0.493 e. The molecule has 1 fully saturated rings. The molecular formula is C20H19ClF6O3. The van der Waals surface area contributed by atoms with Crippen LogP contribution in [-0.4, -0.2) is 19.3 Å². The smallest absolute Gasteiger partial charge is 0.426 e. The van der Waals surface area contributed by atoms with Crippen LogP contribution in [0.1, 0.15) is 25.0 Å². The summed E-state index contributed by atoms with van der Waals surface area (Å²) in [5.41, 5.74) is -2.15. The number of halogens is 7. The minimum absolute atomic E-state index is 0.296. The topological polar surface area (TPSA) is 35.5 Å². The zero-order valence-corrected chi connectivity index (χ0v) is 17.1. The van der Waals surface area contributed by atoms with Crippen molar-refractivity contribution in [2.75, 3.05) is 7.11 Å². The third-order valence-corrected chi connectivity index (χ3v) is 5.47. The second kappa shape index (κ2) is 8.53. The molecule has 1 aliphatic rings. The first-order valence-corrected chi connectivity index (χ1v) is 9.11. The minimum atomic E-state index is -4.76. The number of allylic oxidation sites excluding steroid dienone is 3. The van der Waals surface area contributed by atoms with Crippen LogP contribution in [0, 0.1) is 34.7 Å². The number of hydrogen-bond acceptors (Lipinski definition) is 3. The van der Waals surface area contributed by atoms with Crippen LogP contribution in [0.2, 0.25) is 0 Å². The van der Waals surface area contributed by atoms with Crippen molar-refractivity contribution in [1.82, 2.24) is 0 Å². The van der Waals surface area contributed by atoms with E-state index in [2.05, 4.69) is 6.58 Å². The molecule has 2 unspecified atom stereocenters. The molecule has 0 N–H and O–H groups in total. The SMILES string of the molecule is C=CCc1c(F)c(F)c(COC(=O)C2C(C=C(Cl)C(F)(F)F)C2(C)C)c(OC)c1F. The van der Waals surface area contributed by atoms with Crippen LogP contribution >= 0.6 is 11.6 Å². The van der Waals surface area contributed by atoms with E-state index in [0.717, 1.165) is 13.2 Å². The summed E-state index contributed by atoms with van der Waals surface area (Å²) in [7, 11) is 1.03. The predicted molar refractivity (Wildman–Crippen MR) is 97.3 cm³/mol. The van der Waals surface area contributed by atoms with Crippen molar-refractivity contribution in [2.24, 2.45) is 17.3 Å². The van der Waals surface area contributed by atoms with E-state index in [4.69, 9.17) is 21.1 Å². The summed E-state index contributed by atoms with van der Waals surface area (Å²) < 4.78 is 90.7. The molecule has 0 bridgehead atoms. The van der Waals surface area contributed by atoms with E-state index in [-0.39, 0.29) is 6.42 Å². The van der Waals surface area contributed by atoms with Gasteiger partial charge in [-0.25, -0.2) is 13.2 Å². The van der Waals surface area contributed by atoms with Gasteiger partial charge in [-0.3, -0.25) is 4.79 Å². The number of alkyl halides is 3. The van der Waals surface area contributed by atoms with Crippen molar-refractivity contribution in [1.29, 1.82) is 0 Å². The second-order valence-corrected chi connectivity index (χ2v) is 7.78. The highest BCUT2D eigenvalue weighted by molar-refractivity contribution is 6.30. The molecule has 0 amide bonds. The van der Waals surface area contributed by atoms with Crippen molar-refractivity contribution in [2.45, 2.75) is 33.1 Å². The highest BCUT2D eigenvalue weighted by Crippen LogP contribution is 2.60. The first kappa shape index (κ1) is 24.1. The van der Waals surface area contributed by atoms with Gasteiger partial charge in [0, 0.05) is 5.56 Å². The molecule has 30 heavy (non-hydrogen) atoms. The van der Waals surface area contributed by atoms with Crippen LogP contribution in [0.4, 0.5) is 26.3 Å². The molecular weight excluding hydrogens is 438 g/mol. The predicted octanol–water partition coefficient (Wildman–Crippen LogP) is 5.84. The maximum atomic E-state index is 14.4. The average molecular weight is 457 g/mol. The Morgan fingerprint density at radius 1 is 1.17 bits per heavy atom. The normalized spacial score (nSPS) is 20.7. The van der Waals surface area contributed by atoms with Crippen LogP contribution in [0.25, 0.3) is 0 Å². The lowest BCUT2D eigenvalue weighted by Crippen LogP contribution is -2.14. The number of rotatable bonds is 7. The van der Waals surface area contributed by atoms with E-state index in [1.165, 1.54) is 19.9 Å². The minimum Gasteiger partial charge on any atom is -0.493 e. The second-order valence-electron chi connectivity index (χ2n) is 7.37. The summed E-state index contributed by atoms with van der Waals surface area (Å²) >= 11 is 5.23. The Kier molecular flexibility index (Phi) is 6.85. The summed E-state index contributed by atoms with van der Waals surface area (Å²) in [6, 6.07) is 0. The fourth-order valence-electron chi connectivity index (χ4n) is 3.32. The van der Waals surface area contributed by atoms with Gasteiger partial charge in [-0.2, -0.15) is 13.2 Å². The van der Waals surface area contributed by atoms with E-state index >= 15 is 0 Å². The van der Waals surface area contributed by atoms with Crippen molar-refractivity contribution in [3.8, 4) is 5.75 Å². The number of carbonyl (C=O) groups is 1. The Bertz CT molecular complexity index is 892. The molecule has 2 rings (SSSR count). The standard InChI is InChI=1S/C20H19ClF6O3/c1-5-6-9-14(22)15(23)10(17(29-4)16(9)24)8-30-18(28)13-11(19(13,2)3)7-12(21)20(25,26)27/h5,7,11,13H,1,6,8H2,2-4H3. The average Bonchev–Trinajstić information content (AvgIpc) is 3.19. The van der Waals surface area contributed by atoms with Gasteiger partial charge in [0.1, 0.15) is 11.6 Å². The zero-order chi connectivity index (χ0) is 23.0. The molecule has 10 heteroatoms. The van der Waals surface area contributed by atoms with E-state index in [9.17, 15) is 31.1 Å². The molecule has 0 aromatic heterocycles. The van der Waals surface area contributed by atoms with Crippen LogP contribution < -0.4 is 4.74 Å².